The molecule has 0 spiro atoms. The van der Waals surface area contributed by atoms with Crippen LogP contribution in [0.1, 0.15) is 25.0 Å². The summed E-state index contributed by atoms with van der Waals surface area (Å²) in [5.74, 6) is -1.68. The number of rotatable bonds is 4. The van der Waals surface area contributed by atoms with Crippen molar-refractivity contribution in [2.75, 3.05) is 0 Å². The predicted molar refractivity (Wildman–Crippen MR) is 99.9 cm³/mol. The fraction of sp³-hybridized carbons (Fsp3) is 0.222. The summed E-state index contributed by atoms with van der Waals surface area (Å²) in [5, 5.41) is 34.0. The van der Waals surface area contributed by atoms with E-state index >= 15 is 0 Å². The minimum absolute atomic E-state index is 0. The second-order valence-electron chi connectivity index (χ2n) is 5.65. The first kappa shape index (κ1) is 29.7. The molecule has 0 saturated heterocycles. The van der Waals surface area contributed by atoms with Crippen molar-refractivity contribution >= 4 is 23.2 Å². The van der Waals surface area contributed by atoms with Gasteiger partial charge in [0.15, 0.2) is 0 Å². The first-order valence-electron chi connectivity index (χ1n) is 8.36. The van der Waals surface area contributed by atoms with Gasteiger partial charge in [0.25, 0.3) is 0 Å². The number of pyridine rings is 2. The van der Waals surface area contributed by atoms with E-state index < -0.39 is 35.6 Å². The number of alkyl halides is 6. The average Bonchev–Trinajstić information content (AvgIpc) is 2.75. The van der Waals surface area contributed by atoms with E-state index in [4.69, 9.17) is 0 Å². The Bertz CT molecular complexity index is 911. The van der Waals surface area contributed by atoms with Crippen LogP contribution in [0.15, 0.2) is 69.5 Å². The van der Waals surface area contributed by atoms with Gasteiger partial charge in [-0.25, -0.2) is 0 Å². The molecule has 33 heavy (non-hydrogen) atoms. The van der Waals surface area contributed by atoms with Gasteiger partial charge in [0.05, 0.1) is 0 Å². The van der Waals surface area contributed by atoms with E-state index in [1.54, 1.807) is 0 Å². The molecule has 0 aliphatic rings. The Labute approximate surface area is 193 Å². The summed E-state index contributed by atoms with van der Waals surface area (Å²) in [7, 11) is 0. The summed E-state index contributed by atoms with van der Waals surface area (Å²) in [5.41, 5.74) is -2.08. The van der Waals surface area contributed by atoms with Crippen LogP contribution in [0, 0.1) is 0 Å². The van der Waals surface area contributed by atoms with E-state index in [2.05, 4.69) is 30.4 Å². The quantitative estimate of drug-likeness (QED) is 0.202. The maximum absolute atomic E-state index is 12.0. The van der Waals surface area contributed by atoms with Crippen LogP contribution < -0.4 is 10.2 Å². The molecule has 0 aliphatic heterocycles. The van der Waals surface area contributed by atoms with Gasteiger partial charge in [-0.15, -0.1) is 0 Å². The fourth-order valence-corrected chi connectivity index (χ4v) is 1.46. The molecule has 0 fully saturated rings. The molecule has 0 atom stereocenters. The number of halogens is 6. The van der Waals surface area contributed by atoms with E-state index in [1.165, 1.54) is 49.1 Å². The zero-order valence-corrected chi connectivity index (χ0v) is 17.7. The molecule has 0 N–H and O–H groups in total. The molecule has 2 rings (SSSR count). The van der Waals surface area contributed by atoms with Gasteiger partial charge in [-0.1, -0.05) is 0 Å². The van der Waals surface area contributed by atoms with Crippen molar-refractivity contribution in [3.8, 4) is 0 Å². The monoisotopic (exact) mass is 518 g/mol. The van der Waals surface area contributed by atoms with Crippen molar-refractivity contribution < 1.29 is 53.0 Å². The molecule has 0 saturated carbocycles. The largest absolute Gasteiger partial charge is 2.00 e. The third-order valence-corrected chi connectivity index (χ3v) is 3.26. The van der Waals surface area contributed by atoms with Crippen LogP contribution in [-0.2, 0) is 16.5 Å². The first-order chi connectivity index (χ1) is 14.8. The Balaban J connectivity index is 0.000000602. The third-order valence-electron chi connectivity index (χ3n) is 3.26. The summed E-state index contributed by atoms with van der Waals surface area (Å²) in [6, 6.07) is 5.35. The first-order valence-corrected chi connectivity index (χ1v) is 8.36. The molecule has 0 radical (unpaired) electrons. The topological polar surface area (TPSA) is 121 Å². The molecular formula is C18H14F6N6NiO2. The molecule has 15 heteroatoms. The minimum atomic E-state index is -4.57. The summed E-state index contributed by atoms with van der Waals surface area (Å²) in [6.07, 6.45) is -3.79. The van der Waals surface area contributed by atoms with Crippen molar-refractivity contribution in [2.24, 2.45) is 20.4 Å². The van der Waals surface area contributed by atoms with E-state index in [1.807, 2.05) is 0 Å². The number of hydrogen-bond donors (Lipinski definition) is 0. The molecule has 8 nitrogen and oxygen atoms in total. The Morgan fingerprint density at radius 3 is 1.15 bits per heavy atom. The molecular weight excluding hydrogens is 505 g/mol. The van der Waals surface area contributed by atoms with Gasteiger partial charge < -0.3 is 10.2 Å². The van der Waals surface area contributed by atoms with E-state index in [0.717, 1.165) is 13.8 Å². The Morgan fingerprint density at radius 2 is 0.909 bits per heavy atom. The second kappa shape index (κ2) is 13.3. The van der Waals surface area contributed by atoms with Gasteiger partial charge in [-0.3, -0.25) is 9.97 Å². The Kier molecular flexibility index (Phi) is 11.9. The smallest absolute Gasteiger partial charge is 0.857 e. The van der Waals surface area contributed by atoms with Crippen molar-refractivity contribution in [1.82, 2.24) is 9.97 Å². The molecule has 2 aromatic heterocycles. The van der Waals surface area contributed by atoms with Crippen LogP contribution in [0.25, 0.3) is 0 Å². The number of nitrogens with zero attached hydrogens (tertiary/aromatic N) is 6. The van der Waals surface area contributed by atoms with Crippen LogP contribution in [0.3, 0.4) is 0 Å². The van der Waals surface area contributed by atoms with Crippen LogP contribution >= 0.6 is 0 Å². The molecule has 0 unspecified atom stereocenters. The molecule has 180 valence electrons. The average molecular weight is 519 g/mol. The number of aromatic nitrogens is 2. The molecule has 0 aliphatic carbocycles. The molecule has 2 aromatic rings. The van der Waals surface area contributed by atoms with Gasteiger partial charge in [0.1, 0.15) is 11.4 Å². The van der Waals surface area contributed by atoms with Crippen LogP contribution in [0.4, 0.5) is 26.3 Å². The summed E-state index contributed by atoms with van der Waals surface area (Å²) in [6.45, 7) is 1.48. The molecule has 2 heterocycles. The van der Waals surface area contributed by atoms with E-state index in [9.17, 15) is 36.6 Å². The summed E-state index contributed by atoms with van der Waals surface area (Å²) < 4.78 is 71.9. The van der Waals surface area contributed by atoms with Crippen LogP contribution in [0.2, 0.25) is 0 Å². The molecule has 0 amide bonds. The fourth-order valence-electron chi connectivity index (χ4n) is 1.46. The van der Waals surface area contributed by atoms with Crippen LogP contribution in [-0.4, -0.2) is 45.5 Å². The van der Waals surface area contributed by atoms with Gasteiger partial charge in [0, 0.05) is 36.6 Å². The Hall–Kier alpha value is -3.35. The van der Waals surface area contributed by atoms with Crippen molar-refractivity contribution in [3.05, 3.63) is 60.2 Å². The minimum Gasteiger partial charge on any atom is -0.857 e. The summed E-state index contributed by atoms with van der Waals surface area (Å²) >= 11 is 0. The van der Waals surface area contributed by atoms with Gasteiger partial charge in [0.2, 0.25) is 0 Å². The van der Waals surface area contributed by atoms with Crippen molar-refractivity contribution in [1.29, 1.82) is 0 Å². The molecule has 0 aromatic carbocycles. The van der Waals surface area contributed by atoms with E-state index in [-0.39, 0.29) is 27.6 Å². The zero-order valence-electron chi connectivity index (χ0n) is 16.7. The zero-order chi connectivity index (χ0) is 24.4. The van der Waals surface area contributed by atoms with Gasteiger partial charge in [-0.05, 0) is 49.2 Å². The van der Waals surface area contributed by atoms with Gasteiger partial charge in [-0.2, -0.15) is 46.7 Å². The van der Waals surface area contributed by atoms with Gasteiger partial charge >= 0.3 is 28.8 Å². The predicted octanol–water partition coefficient (Wildman–Crippen LogP) is 2.25. The maximum Gasteiger partial charge on any atom is 2.00 e. The van der Waals surface area contributed by atoms with Crippen molar-refractivity contribution in [3.63, 3.8) is 0 Å². The normalized spacial score (nSPS) is 13.6. The third kappa shape index (κ3) is 11.2. The second-order valence-corrected chi connectivity index (χ2v) is 5.65. The Morgan fingerprint density at radius 1 is 0.636 bits per heavy atom. The number of hydrogen-bond acceptors (Lipinski definition) is 8. The standard InChI is InChI=1S/2C9H8F3N3O.Ni/c2*1-6(9(10,11)12)14-15-8(16)7-2-4-13-5-3-7;/h2*2-5H,1H3,(H,15,16);/q;;+2/p-2/b2*14-6-;. The maximum atomic E-state index is 12.0. The molecule has 0 bridgehead atoms. The summed E-state index contributed by atoms with van der Waals surface area (Å²) in [4.78, 5) is 7.31. The van der Waals surface area contributed by atoms with Crippen molar-refractivity contribution in [2.45, 2.75) is 26.2 Å². The SMILES string of the molecule is C/C(=N/N=C(\[O-])c1ccncc1)C(F)(F)F.C/C(=N/N=C(\[O-])c1ccncc1)C(F)(F)F.[Ni+2]. The van der Waals surface area contributed by atoms with E-state index in [0.29, 0.717) is 0 Å². The van der Waals surface area contributed by atoms with Crippen LogP contribution in [0.5, 0.6) is 0 Å².